The molecule has 0 saturated heterocycles. The molecule has 0 aliphatic carbocycles. The van der Waals surface area contributed by atoms with Gasteiger partial charge in [0.15, 0.2) is 0 Å². The number of benzene rings is 3. The highest BCUT2D eigenvalue weighted by atomic mass is 32.2. The zero-order valence-corrected chi connectivity index (χ0v) is 24.0. The van der Waals surface area contributed by atoms with Gasteiger partial charge in [-0.2, -0.15) is 0 Å². The van der Waals surface area contributed by atoms with Gasteiger partial charge in [0.1, 0.15) is 6.04 Å². The SMILES string of the molecule is Cc1ccc(CN(C(=O)CCCN(c2ccccc2)S(C)(=O)=O)C(Cc2ccccc2)C(=O)NC(C)C)cc1. The molecule has 208 valence electrons. The summed E-state index contributed by atoms with van der Waals surface area (Å²) in [6.07, 6.45) is 1.95. The fraction of sp³-hybridized carbons (Fsp3) is 0.355. The number of amides is 2. The molecule has 1 atom stereocenters. The zero-order valence-electron chi connectivity index (χ0n) is 23.2. The Morgan fingerprint density at radius 3 is 2.00 bits per heavy atom. The van der Waals surface area contributed by atoms with E-state index in [1.165, 1.54) is 4.31 Å². The summed E-state index contributed by atoms with van der Waals surface area (Å²) >= 11 is 0. The van der Waals surface area contributed by atoms with Gasteiger partial charge in [0.05, 0.1) is 11.9 Å². The average molecular weight is 550 g/mol. The van der Waals surface area contributed by atoms with Crippen LogP contribution in [0.25, 0.3) is 0 Å². The van der Waals surface area contributed by atoms with Crippen LogP contribution >= 0.6 is 0 Å². The summed E-state index contributed by atoms with van der Waals surface area (Å²) in [5.41, 5.74) is 3.54. The number of hydrogen-bond acceptors (Lipinski definition) is 4. The molecule has 0 spiro atoms. The van der Waals surface area contributed by atoms with Crippen LogP contribution in [0.2, 0.25) is 0 Å². The predicted octanol–water partition coefficient (Wildman–Crippen LogP) is 4.71. The fourth-order valence-electron chi connectivity index (χ4n) is 4.42. The number of nitrogens with one attached hydrogen (secondary N) is 1. The van der Waals surface area contributed by atoms with E-state index in [1.54, 1.807) is 29.2 Å². The maximum Gasteiger partial charge on any atom is 0.243 e. The van der Waals surface area contributed by atoms with Crippen molar-refractivity contribution in [2.45, 2.75) is 58.7 Å². The van der Waals surface area contributed by atoms with Crippen molar-refractivity contribution in [1.82, 2.24) is 10.2 Å². The minimum Gasteiger partial charge on any atom is -0.352 e. The fourth-order valence-corrected chi connectivity index (χ4v) is 5.39. The van der Waals surface area contributed by atoms with Crippen molar-refractivity contribution in [3.05, 3.63) is 102 Å². The lowest BCUT2D eigenvalue weighted by Crippen LogP contribution is -2.51. The number of sulfonamides is 1. The molecule has 8 heteroatoms. The Morgan fingerprint density at radius 1 is 0.846 bits per heavy atom. The van der Waals surface area contributed by atoms with E-state index < -0.39 is 16.1 Å². The predicted molar refractivity (Wildman–Crippen MR) is 157 cm³/mol. The molecule has 1 N–H and O–H groups in total. The monoisotopic (exact) mass is 549 g/mol. The van der Waals surface area contributed by atoms with Gasteiger partial charge in [0.2, 0.25) is 21.8 Å². The molecule has 0 heterocycles. The largest absolute Gasteiger partial charge is 0.352 e. The van der Waals surface area contributed by atoms with Crippen molar-refractivity contribution in [1.29, 1.82) is 0 Å². The number of carbonyl (C=O) groups excluding carboxylic acids is 2. The number of nitrogens with zero attached hydrogens (tertiary/aromatic N) is 2. The second-order valence-electron chi connectivity index (χ2n) is 10.2. The van der Waals surface area contributed by atoms with Gasteiger partial charge < -0.3 is 10.2 Å². The highest BCUT2D eigenvalue weighted by Crippen LogP contribution is 2.20. The zero-order chi connectivity index (χ0) is 28.4. The molecule has 0 aliphatic heterocycles. The van der Waals surface area contributed by atoms with Crippen molar-refractivity contribution in [2.24, 2.45) is 0 Å². The van der Waals surface area contributed by atoms with Crippen LogP contribution in [-0.4, -0.2) is 50.0 Å². The maximum atomic E-state index is 13.8. The van der Waals surface area contributed by atoms with E-state index in [-0.39, 0.29) is 37.4 Å². The van der Waals surface area contributed by atoms with E-state index in [9.17, 15) is 18.0 Å². The molecule has 3 rings (SSSR count). The van der Waals surface area contributed by atoms with Gasteiger partial charge in [-0.3, -0.25) is 13.9 Å². The molecule has 3 aromatic rings. The normalized spacial score (nSPS) is 12.1. The third kappa shape index (κ3) is 9.25. The minimum atomic E-state index is -3.53. The molecule has 7 nitrogen and oxygen atoms in total. The molecule has 0 radical (unpaired) electrons. The lowest BCUT2D eigenvalue weighted by molar-refractivity contribution is -0.141. The molecular weight excluding hydrogens is 510 g/mol. The summed E-state index contributed by atoms with van der Waals surface area (Å²) in [5, 5.41) is 2.99. The summed E-state index contributed by atoms with van der Waals surface area (Å²) in [6, 6.07) is 25.6. The Balaban J connectivity index is 1.87. The first-order chi connectivity index (χ1) is 18.5. The molecular formula is C31H39N3O4S. The van der Waals surface area contributed by atoms with Gasteiger partial charge in [-0.25, -0.2) is 8.42 Å². The van der Waals surface area contributed by atoms with Crippen LogP contribution in [0.1, 0.15) is 43.4 Å². The van der Waals surface area contributed by atoms with Crippen LogP contribution in [0.5, 0.6) is 0 Å². The Kier molecular flexibility index (Phi) is 10.7. The van der Waals surface area contributed by atoms with Crippen LogP contribution in [-0.2, 0) is 32.6 Å². The van der Waals surface area contributed by atoms with Crippen molar-refractivity contribution in [3.63, 3.8) is 0 Å². The van der Waals surface area contributed by atoms with Crippen molar-refractivity contribution < 1.29 is 18.0 Å². The van der Waals surface area contributed by atoms with Gasteiger partial charge in [-0.05, 0) is 50.5 Å². The number of anilines is 1. The minimum absolute atomic E-state index is 0.0821. The third-order valence-corrected chi connectivity index (χ3v) is 7.57. The van der Waals surface area contributed by atoms with E-state index in [4.69, 9.17) is 0 Å². The first-order valence-corrected chi connectivity index (χ1v) is 15.1. The Morgan fingerprint density at radius 2 is 1.44 bits per heavy atom. The highest BCUT2D eigenvalue weighted by molar-refractivity contribution is 7.92. The molecule has 0 bridgehead atoms. The molecule has 1 unspecified atom stereocenters. The quantitative estimate of drug-likeness (QED) is 0.335. The standard InChI is InChI=1S/C31H39N3O4S/c1-24(2)32-31(36)29(22-26-12-7-5-8-13-26)33(23-27-19-17-25(3)18-20-27)30(35)16-11-21-34(39(4,37)38)28-14-9-6-10-15-28/h5-10,12-15,17-20,24,29H,11,16,21-23H2,1-4H3,(H,32,36). The van der Waals surface area contributed by atoms with Crippen LogP contribution in [0, 0.1) is 6.92 Å². The molecule has 2 amide bonds. The van der Waals surface area contributed by atoms with E-state index in [0.717, 1.165) is 22.9 Å². The second kappa shape index (κ2) is 13.9. The Bertz CT molecular complexity index is 1310. The van der Waals surface area contributed by atoms with E-state index in [0.29, 0.717) is 18.5 Å². The van der Waals surface area contributed by atoms with E-state index in [2.05, 4.69) is 5.32 Å². The first kappa shape index (κ1) is 29.9. The summed E-state index contributed by atoms with van der Waals surface area (Å²) in [6.45, 7) is 6.23. The lowest BCUT2D eigenvalue weighted by atomic mass is 10.0. The highest BCUT2D eigenvalue weighted by Gasteiger charge is 2.30. The van der Waals surface area contributed by atoms with Crippen LogP contribution in [0.15, 0.2) is 84.9 Å². The second-order valence-corrected chi connectivity index (χ2v) is 12.1. The topological polar surface area (TPSA) is 86.8 Å². The summed E-state index contributed by atoms with van der Waals surface area (Å²) in [5.74, 6) is -0.409. The molecule has 0 aliphatic rings. The first-order valence-electron chi connectivity index (χ1n) is 13.3. The van der Waals surface area contributed by atoms with Crippen LogP contribution in [0.3, 0.4) is 0 Å². The number of aryl methyl sites for hydroxylation is 1. The summed E-state index contributed by atoms with van der Waals surface area (Å²) in [4.78, 5) is 28.9. The van der Waals surface area contributed by atoms with E-state index >= 15 is 0 Å². The van der Waals surface area contributed by atoms with Gasteiger partial charge in [0, 0.05) is 32.0 Å². The van der Waals surface area contributed by atoms with Crippen molar-refractivity contribution >= 4 is 27.5 Å². The molecule has 0 aromatic heterocycles. The van der Waals surface area contributed by atoms with Crippen molar-refractivity contribution in [3.8, 4) is 0 Å². The number of para-hydroxylation sites is 1. The lowest BCUT2D eigenvalue weighted by Gasteiger charge is -2.32. The molecule has 39 heavy (non-hydrogen) atoms. The molecule has 0 fully saturated rings. The van der Waals surface area contributed by atoms with Gasteiger partial charge in [-0.1, -0.05) is 78.4 Å². The average Bonchev–Trinajstić information content (AvgIpc) is 2.89. The number of rotatable bonds is 13. The number of hydrogen-bond donors (Lipinski definition) is 1. The Hall–Kier alpha value is -3.65. The summed E-state index contributed by atoms with van der Waals surface area (Å²) < 4.78 is 26.3. The van der Waals surface area contributed by atoms with Crippen LogP contribution < -0.4 is 9.62 Å². The van der Waals surface area contributed by atoms with Crippen LogP contribution in [0.4, 0.5) is 5.69 Å². The smallest absolute Gasteiger partial charge is 0.243 e. The van der Waals surface area contributed by atoms with Gasteiger partial charge in [-0.15, -0.1) is 0 Å². The summed E-state index contributed by atoms with van der Waals surface area (Å²) in [7, 11) is -3.53. The van der Waals surface area contributed by atoms with E-state index in [1.807, 2.05) is 81.4 Å². The Labute approximate surface area is 232 Å². The maximum absolute atomic E-state index is 13.8. The van der Waals surface area contributed by atoms with Gasteiger partial charge >= 0.3 is 0 Å². The van der Waals surface area contributed by atoms with Crippen molar-refractivity contribution in [2.75, 3.05) is 17.1 Å². The third-order valence-electron chi connectivity index (χ3n) is 6.37. The molecule has 3 aromatic carbocycles. The molecule has 0 saturated carbocycles. The number of carbonyl (C=O) groups is 2. The van der Waals surface area contributed by atoms with Gasteiger partial charge in [0.25, 0.3) is 0 Å².